The van der Waals surface area contributed by atoms with E-state index in [1.165, 1.54) is 12.1 Å². The molecule has 2 rings (SSSR count). The van der Waals surface area contributed by atoms with Gasteiger partial charge in [0.1, 0.15) is 5.82 Å². The summed E-state index contributed by atoms with van der Waals surface area (Å²) in [5, 5.41) is 2.63. The Balaban J connectivity index is 1.91. The molecule has 2 aromatic rings. The molecule has 0 saturated heterocycles. The smallest absolute Gasteiger partial charge is 0.304 e. The number of hydrogen-bond donors (Lipinski definition) is 3. The van der Waals surface area contributed by atoms with Crippen molar-refractivity contribution in [1.82, 2.24) is 5.43 Å². The van der Waals surface area contributed by atoms with Crippen LogP contribution in [0.3, 0.4) is 0 Å². The summed E-state index contributed by atoms with van der Waals surface area (Å²) in [6.07, 6.45) is 0. The largest absolute Gasteiger partial charge is 0.337 e. The van der Waals surface area contributed by atoms with E-state index >= 15 is 0 Å². The van der Waals surface area contributed by atoms with Crippen LogP contribution in [0.2, 0.25) is 5.02 Å². The third-order valence-electron chi connectivity index (χ3n) is 2.27. The van der Waals surface area contributed by atoms with Gasteiger partial charge in [-0.2, -0.15) is 0 Å². The maximum Gasteiger partial charge on any atom is 0.337 e. The second-order valence-electron chi connectivity index (χ2n) is 3.69. The van der Waals surface area contributed by atoms with E-state index in [1.807, 2.05) is 18.2 Å². The number of anilines is 2. The van der Waals surface area contributed by atoms with Gasteiger partial charge in [-0.05, 0) is 30.3 Å². The summed E-state index contributed by atoms with van der Waals surface area (Å²) < 4.78 is 13.4. The lowest BCUT2D eigenvalue weighted by atomic mass is 10.3. The number of rotatable bonds is 3. The van der Waals surface area contributed by atoms with E-state index in [4.69, 9.17) is 11.6 Å². The molecule has 2 aromatic carbocycles. The molecular formula is C13H11ClFN3O. The molecule has 19 heavy (non-hydrogen) atoms. The van der Waals surface area contributed by atoms with Gasteiger partial charge in [-0.3, -0.25) is 10.9 Å². The van der Waals surface area contributed by atoms with E-state index in [0.717, 1.165) is 6.07 Å². The van der Waals surface area contributed by atoms with E-state index < -0.39 is 11.8 Å². The monoisotopic (exact) mass is 279 g/mol. The van der Waals surface area contributed by atoms with Crippen LogP contribution >= 0.6 is 11.6 Å². The van der Waals surface area contributed by atoms with Gasteiger partial charge in [-0.15, -0.1) is 0 Å². The van der Waals surface area contributed by atoms with Gasteiger partial charge in [0.25, 0.3) is 0 Å². The number of hydrogen-bond acceptors (Lipinski definition) is 2. The van der Waals surface area contributed by atoms with Crippen molar-refractivity contribution in [2.45, 2.75) is 0 Å². The van der Waals surface area contributed by atoms with Crippen molar-refractivity contribution < 1.29 is 9.18 Å². The molecule has 0 aliphatic rings. The first-order valence-electron chi connectivity index (χ1n) is 5.48. The standard InChI is InChI=1S/C13H11ClFN3O/c14-9-6-7-12(11(15)8-9)16-13(19)18-17-10-4-2-1-3-5-10/h1-8,17H,(H2,16,18,19). The Hall–Kier alpha value is -2.27. The zero-order chi connectivity index (χ0) is 13.7. The minimum atomic E-state index is -0.595. The Labute approximate surface area is 114 Å². The zero-order valence-corrected chi connectivity index (χ0v) is 10.5. The Kier molecular flexibility index (Phi) is 4.20. The molecule has 3 N–H and O–H groups in total. The first-order valence-corrected chi connectivity index (χ1v) is 5.86. The molecule has 0 spiro atoms. The maximum absolute atomic E-state index is 13.4. The molecule has 6 heteroatoms. The van der Waals surface area contributed by atoms with Crippen LogP contribution in [-0.4, -0.2) is 6.03 Å². The lowest BCUT2D eigenvalue weighted by Gasteiger charge is -2.10. The van der Waals surface area contributed by atoms with Crippen LogP contribution in [0, 0.1) is 5.82 Å². The number of amides is 2. The van der Waals surface area contributed by atoms with Crippen molar-refractivity contribution in [3.63, 3.8) is 0 Å². The van der Waals surface area contributed by atoms with Crippen LogP contribution in [0.1, 0.15) is 0 Å². The molecule has 98 valence electrons. The van der Waals surface area contributed by atoms with Gasteiger partial charge in [-0.1, -0.05) is 29.8 Å². The van der Waals surface area contributed by atoms with Crippen LogP contribution in [0.25, 0.3) is 0 Å². The SMILES string of the molecule is O=C(NNc1ccccc1)Nc1ccc(Cl)cc1F. The normalized spacial score (nSPS) is 9.79. The van der Waals surface area contributed by atoms with Gasteiger partial charge in [0, 0.05) is 5.02 Å². The fourth-order valence-corrected chi connectivity index (χ4v) is 1.55. The highest BCUT2D eigenvalue weighted by molar-refractivity contribution is 6.30. The Bertz CT molecular complexity index is 577. The first-order chi connectivity index (χ1) is 9.15. The van der Waals surface area contributed by atoms with E-state index in [2.05, 4.69) is 16.2 Å². The Morgan fingerprint density at radius 2 is 1.84 bits per heavy atom. The third kappa shape index (κ3) is 3.86. The van der Waals surface area contributed by atoms with Gasteiger partial charge in [0.2, 0.25) is 0 Å². The van der Waals surface area contributed by atoms with Crippen molar-refractivity contribution in [2.24, 2.45) is 0 Å². The van der Waals surface area contributed by atoms with E-state index in [-0.39, 0.29) is 10.7 Å². The molecule has 4 nitrogen and oxygen atoms in total. The summed E-state index contributed by atoms with van der Waals surface area (Å²) in [6, 6.07) is 12.5. The molecule has 0 unspecified atom stereocenters. The Morgan fingerprint density at radius 3 is 2.53 bits per heavy atom. The Morgan fingerprint density at radius 1 is 1.11 bits per heavy atom. The summed E-state index contributed by atoms with van der Waals surface area (Å²) in [6.45, 7) is 0. The van der Waals surface area contributed by atoms with Crippen molar-refractivity contribution in [2.75, 3.05) is 10.7 Å². The minimum Gasteiger partial charge on any atom is -0.304 e. The van der Waals surface area contributed by atoms with Crippen molar-refractivity contribution in [3.05, 3.63) is 59.4 Å². The number of carbonyl (C=O) groups is 1. The van der Waals surface area contributed by atoms with Crippen LogP contribution in [0.5, 0.6) is 0 Å². The van der Waals surface area contributed by atoms with Crippen molar-refractivity contribution >= 4 is 29.0 Å². The first kappa shape index (κ1) is 13.2. The lowest BCUT2D eigenvalue weighted by Crippen LogP contribution is -2.33. The van der Waals surface area contributed by atoms with E-state index in [9.17, 15) is 9.18 Å². The fourth-order valence-electron chi connectivity index (χ4n) is 1.39. The van der Waals surface area contributed by atoms with Crippen LogP contribution in [0.4, 0.5) is 20.6 Å². The molecule has 0 heterocycles. The minimum absolute atomic E-state index is 0.0526. The fraction of sp³-hybridized carbons (Fsp3) is 0. The van der Waals surface area contributed by atoms with Gasteiger partial charge in [0.05, 0.1) is 11.4 Å². The molecule has 0 aliphatic carbocycles. The summed E-state index contributed by atoms with van der Waals surface area (Å²) in [4.78, 5) is 11.5. The molecule has 0 radical (unpaired) electrons. The molecular weight excluding hydrogens is 269 g/mol. The predicted molar refractivity (Wildman–Crippen MR) is 73.6 cm³/mol. The number of carbonyl (C=O) groups excluding carboxylic acids is 1. The number of halogens is 2. The predicted octanol–water partition coefficient (Wildman–Crippen LogP) is 3.63. The summed E-state index contributed by atoms with van der Waals surface area (Å²) in [5.74, 6) is -0.595. The molecule has 0 aromatic heterocycles. The van der Waals surface area contributed by atoms with E-state index in [0.29, 0.717) is 5.69 Å². The van der Waals surface area contributed by atoms with Crippen molar-refractivity contribution in [3.8, 4) is 0 Å². The van der Waals surface area contributed by atoms with Gasteiger partial charge in [-0.25, -0.2) is 9.18 Å². The summed E-state index contributed by atoms with van der Waals surface area (Å²) in [7, 11) is 0. The maximum atomic E-state index is 13.4. The summed E-state index contributed by atoms with van der Waals surface area (Å²) >= 11 is 5.61. The second-order valence-corrected chi connectivity index (χ2v) is 4.13. The average Bonchev–Trinajstić information content (AvgIpc) is 2.41. The van der Waals surface area contributed by atoms with Crippen LogP contribution < -0.4 is 16.2 Å². The van der Waals surface area contributed by atoms with Crippen LogP contribution in [0.15, 0.2) is 48.5 Å². The summed E-state index contributed by atoms with van der Waals surface area (Å²) in [5.41, 5.74) is 5.84. The number of nitrogens with one attached hydrogen (secondary N) is 3. The van der Waals surface area contributed by atoms with Gasteiger partial charge < -0.3 is 5.32 Å². The highest BCUT2D eigenvalue weighted by Gasteiger charge is 2.06. The second kappa shape index (κ2) is 6.06. The topological polar surface area (TPSA) is 53.2 Å². The number of para-hydroxylation sites is 1. The molecule has 0 aliphatic heterocycles. The number of benzene rings is 2. The number of hydrazine groups is 1. The average molecular weight is 280 g/mol. The highest BCUT2D eigenvalue weighted by Crippen LogP contribution is 2.18. The van der Waals surface area contributed by atoms with Crippen molar-refractivity contribution in [1.29, 1.82) is 0 Å². The molecule has 0 atom stereocenters. The van der Waals surface area contributed by atoms with Gasteiger partial charge >= 0.3 is 6.03 Å². The molecule has 0 fully saturated rings. The third-order valence-corrected chi connectivity index (χ3v) is 2.51. The molecule has 0 bridgehead atoms. The zero-order valence-electron chi connectivity index (χ0n) is 9.78. The van der Waals surface area contributed by atoms with Gasteiger partial charge in [0.15, 0.2) is 0 Å². The quantitative estimate of drug-likeness (QED) is 0.752. The lowest BCUT2D eigenvalue weighted by molar-refractivity contribution is 0.253. The van der Waals surface area contributed by atoms with Crippen LogP contribution in [-0.2, 0) is 0 Å². The molecule has 0 saturated carbocycles. The highest BCUT2D eigenvalue weighted by atomic mass is 35.5. The van der Waals surface area contributed by atoms with E-state index in [1.54, 1.807) is 12.1 Å². The molecule has 2 amide bonds. The number of urea groups is 1.